The second-order valence-corrected chi connectivity index (χ2v) is 7.75. The highest BCUT2D eigenvalue weighted by Crippen LogP contribution is 2.35. The van der Waals surface area contributed by atoms with Crippen LogP contribution in [0.5, 0.6) is 0 Å². The number of aromatic nitrogens is 2. The summed E-state index contributed by atoms with van der Waals surface area (Å²) >= 11 is 0. The Kier molecular flexibility index (Phi) is 5.62. The highest BCUT2D eigenvalue weighted by Gasteiger charge is 2.33. The van der Waals surface area contributed by atoms with Crippen molar-refractivity contribution in [2.45, 2.75) is 26.1 Å². The minimum Gasteiger partial charge on any atom is -0.369 e. The molecule has 0 spiro atoms. The number of hydrogen-bond acceptors (Lipinski definition) is 5. The molecule has 3 aromatic rings. The summed E-state index contributed by atoms with van der Waals surface area (Å²) in [6.07, 6.45) is -4.42. The minimum absolute atomic E-state index is 0.172. The van der Waals surface area contributed by atoms with Crippen LogP contribution >= 0.6 is 0 Å². The van der Waals surface area contributed by atoms with E-state index in [1.54, 1.807) is 19.1 Å². The molecule has 0 radical (unpaired) electrons. The number of aromatic amines is 1. The van der Waals surface area contributed by atoms with Gasteiger partial charge < -0.3 is 15.5 Å². The third kappa shape index (κ3) is 4.23. The molecule has 4 rings (SSSR count). The lowest BCUT2D eigenvalue weighted by atomic mass is 9.97. The topological polar surface area (TPSA) is 73.0 Å². The van der Waals surface area contributed by atoms with Crippen molar-refractivity contribution in [3.63, 3.8) is 0 Å². The van der Waals surface area contributed by atoms with Crippen LogP contribution in [0.2, 0.25) is 0 Å². The quantitative estimate of drug-likeness (QED) is 0.586. The lowest BCUT2D eigenvalue weighted by molar-refractivity contribution is -0.138. The molecule has 0 amide bonds. The molecule has 164 valence electrons. The van der Waals surface area contributed by atoms with Gasteiger partial charge in [0, 0.05) is 37.3 Å². The molecule has 1 aliphatic rings. The summed E-state index contributed by atoms with van der Waals surface area (Å²) in [4.78, 5) is 14.5. The van der Waals surface area contributed by atoms with Crippen molar-refractivity contribution in [1.29, 1.82) is 0 Å². The van der Waals surface area contributed by atoms with Gasteiger partial charge in [0.25, 0.3) is 5.56 Å². The first-order chi connectivity index (χ1) is 14.8. The molecule has 0 unspecified atom stereocenters. The van der Waals surface area contributed by atoms with E-state index < -0.39 is 17.8 Å². The number of alkyl halides is 3. The van der Waals surface area contributed by atoms with Crippen LogP contribution in [0.25, 0.3) is 10.8 Å². The number of H-pyrrole nitrogens is 1. The fraction of sp³-hybridized carbons (Fsp3) is 0.364. The normalized spacial score (nSPS) is 15.8. The van der Waals surface area contributed by atoms with Gasteiger partial charge in [-0.25, -0.2) is 5.10 Å². The Hall–Kier alpha value is -3.07. The van der Waals surface area contributed by atoms with E-state index in [0.717, 1.165) is 37.9 Å². The van der Waals surface area contributed by atoms with E-state index >= 15 is 0 Å². The van der Waals surface area contributed by atoms with Crippen molar-refractivity contribution in [1.82, 2.24) is 15.5 Å². The first kappa shape index (κ1) is 21.2. The number of fused-ring (bicyclic) bond motifs is 1. The van der Waals surface area contributed by atoms with Gasteiger partial charge in [0.15, 0.2) is 5.82 Å². The standard InChI is InChI=1S/C22H24F3N5O/c1-13-16(4-3-5-19(13)22(23,24)25)14(2)27-20-18-12-15(30-10-8-26-9-11-30)6-7-17(18)21(31)29-28-20/h3-7,12,14,26H,8-11H2,1-2H3,(H,27,28)(H,29,31)/t14-/m1/s1. The smallest absolute Gasteiger partial charge is 0.369 e. The van der Waals surface area contributed by atoms with E-state index in [1.165, 1.54) is 13.0 Å². The predicted molar refractivity (Wildman–Crippen MR) is 116 cm³/mol. The summed E-state index contributed by atoms with van der Waals surface area (Å²) < 4.78 is 39.9. The van der Waals surface area contributed by atoms with E-state index in [2.05, 4.69) is 25.7 Å². The molecule has 0 bridgehead atoms. The van der Waals surface area contributed by atoms with Crippen molar-refractivity contribution in [2.24, 2.45) is 0 Å². The molecule has 0 saturated carbocycles. The molecule has 2 aromatic carbocycles. The molecule has 1 aromatic heterocycles. The highest BCUT2D eigenvalue weighted by atomic mass is 19.4. The summed E-state index contributed by atoms with van der Waals surface area (Å²) in [7, 11) is 0. The van der Waals surface area contributed by atoms with Gasteiger partial charge in [0.1, 0.15) is 0 Å². The van der Waals surface area contributed by atoms with Crippen LogP contribution in [0.1, 0.15) is 29.7 Å². The average Bonchev–Trinajstić information content (AvgIpc) is 2.75. The molecular weight excluding hydrogens is 407 g/mol. The van der Waals surface area contributed by atoms with Crippen molar-refractivity contribution in [3.05, 3.63) is 63.4 Å². The number of halogens is 3. The Bertz CT molecular complexity index is 1150. The number of benzene rings is 2. The van der Waals surface area contributed by atoms with Gasteiger partial charge in [0.05, 0.1) is 17.0 Å². The number of nitrogens with one attached hydrogen (secondary N) is 3. The molecule has 31 heavy (non-hydrogen) atoms. The van der Waals surface area contributed by atoms with E-state index in [4.69, 9.17) is 0 Å². The zero-order chi connectivity index (χ0) is 22.2. The lowest BCUT2D eigenvalue weighted by Gasteiger charge is -2.29. The number of rotatable bonds is 4. The van der Waals surface area contributed by atoms with Crippen LogP contribution in [0.3, 0.4) is 0 Å². The van der Waals surface area contributed by atoms with Crippen molar-refractivity contribution in [2.75, 3.05) is 36.4 Å². The predicted octanol–water partition coefficient (Wildman–Crippen LogP) is 3.83. The van der Waals surface area contributed by atoms with Crippen LogP contribution in [-0.4, -0.2) is 36.4 Å². The van der Waals surface area contributed by atoms with Crippen molar-refractivity contribution >= 4 is 22.3 Å². The Balaban J connectivity index is 1.71. The first-order valence-corrected chi connectivity index (χ1v) is 10.2. The molecule has 9 heteroatoms. The Morgan fingerprint density at radius 3 is 2.58 bits per heavy atom. The maximum absolute atomic E-state index is 13.3. The van der Waals surface area contributed by atoms with E-state index in [1.807, 2.05) is 12.1 Å². The average molecular weight is 431 g/mol. The number of nitrogens with zero attached hydrogens (tertiary/aromatic N) is 2. The molecular formula is C22H24F3N5O. The number of hydrogen-bond donors (Lipinski definition) is 3. The summed E-state index contributed by atoms with van der Waals surface area (Å²) in [5.74, 6) is 0.427. The first-order valence-electron chi connectivity index (χ1n) is 10.2. The molecule has 2 heterocycles. The fourth-order valence-electron chi connectivity index (χ4n) is 4.10. The molecule has 1 atom stereocenters. The van der Waals surface area contributed by atoms with Gasteiger partial charge in [0.2, 0.25) is 0 Å². The van der Waals surface area contributed by atoms with Gasteiger partial charge in [-0.3, -0.25) is 4.79 Å². The lowest BCUT2D eigenvalue weighted by Crippen LogP contribution is -2.43. The number of anilines is 2. The molecule has 1 saturated heterocycles. The second-order valence-electron chi connectivity index (χ2n) is 7.75. The molecule has 6 nitrogen and oxygen atoms in total. The van der Waals surface area contributed by atoms with E-state index in [9.17, 15) is 18.0 Å². The molecule has 1 aliphatic heterocycles. The third-order valence-electron chi connectivity index (χ3n) is 5.76. The largest absolute Gasteiger partial charge is 0.416 e. The Labute approximate surface area is 177 Å². The van der Waals surface area contributed by atoms with Crippen molar-refractivity contribution < 1.29 is 13.2 Å². The zero-order valence-corrected chi connectivity index (χ0v) is 17.3. The van der Waals surface area contributed by atoms with Crippen molar-refractivity contribution in [3.8, 4) is 0 Å². The van der Waals surface area contributed by atoms with Gasteiger partial charge >= 0.3 is 6.18 Å². The summed E-state index contributed by atoms with van der Waals surface area (Å²) in [6, 6.07) is 9.29. The van der Waals surface area contributed by atoms with E-state index in [-0.39, 0.29) is 11.1 Å². The maximum Gasteiger partial charge on any atom is 0.416 e. The number of piperazine rings is 1. The molecule has 1 fully saturated rings. The maximum atomic E-state index is 13.3. The molecule has 0 aliphatic carbocycles. The Morgan fingerprint density at radius 1 is 1.13 bits per heavy atom. The van der Waals surface area contributed by atoms with Gasteiger partial charge in [-0.15, -0.1) is 0 Å². The SMILES string of the molecule is Cc1c([C@@H](C)Nc2n[nH]c(=O)c3ccc(N4CCNCC4)cc23)cccc1C(F)(F)F. The monoisotopic (exact) mass is 431 g/mol. The fourth-order valence-corrected chi connectivity index (χ4v) is 4.10. The highest BCUT2D eigenvalue weighted by molar-refractivity contribution is 5.93. The van der Waals surface area contributed by atoms with Crippen LogP contribution in [-0.2, 0) is 6.18 Å². The summed E-state index contributed by atoms with van der Waals surface area (Å²) in [5, 5.41) is 14.3. The minimum atomic E-state index is -4.42. The Morgan fingerprint density at radius 2 is 1.87 bits per heavy atom. The van der Waals surface area contributed by atoms with Crippen LogP contribution < -0.4 is 21.1 Å². The van der Waals surface area contributed by atoms with Crippen LogP contribution in [0.15, 0.2) is 41.2 Å². The summed E-state index contributed by atoms with van der Waals surface area (Å²) in [6.45, 7) is 6.71. The zero-order valence-electron chi connectivity index (χ0n) is 17.3. The van der Waals surface area contributed by atoms with Gasteiger partial charge in [-0.2, -0.15) is 18.3 Å². The van der Waals surface area contributed by atoms with Crippen LogP contribution in [0, 0.1) is 6.92 Å². The third-order valence-corrected chi connectivity index (χ3v) is 5.76. The molecule has 3 N–H and O–H groups in total. The van der Waals surface area contributed by atoms with E-state index in [0.29, 0.717) is 22.2 Å². The van der Waals surface area contributed by atoms with Crippen LogP contribution in [0.4, 0.5) is 24.7 Å². The summed E-state index contributed by atoms with van der Waals surface area (Å²) in [5.41, 5.74) is 0.709. The van der Waals surface area contributed by atoms with Gasteiger partial charge in [-0.1, -0.05) is 12.1 Å². The van der Waals surface area contributed by atoms with Gasteiger partial charge in [-0.05, 0) is 49.2 Å². The second kappa shape index (κ2) is 8.22.